The average Bonchev–Trinajstić information content (AvgIpc) is 2.57. The molecule has 1 aliphatic heterocycles. The molecule has 0 N–H and O–H groups in total. The second-order valence-electron chi connectivity index (χ2n) is 7.73. The molecule has 2 heteroatoms. The van der Waals surface area contributed by atoms with Crippen LogP contribution in [0.25, 0.3) is 0 Å². The van der Waals surface area contributed by atoms with Crippen LogP contribution >= 0.6 is 11.6 Å². The molecular formula is C20H31ClSi. The molecule has 1 saturated heterocycles. The zero-order valence-corrected chi connectivity index (χ0v) is 16.0. The molecule has 1 saturated carbocycles. The Kier molecular flexibility index (Phi) is 6.04. The maximum Gasteiger partial charge on any atom is 0.0406 e. The molecule has 3 rings (SSSR count). The largest absolute Gasteiger partial charge is 0.0843 e. The minimum absolute atomic E-state index is 0.298. The standard InChI is InChI=1S/C20H31ClSi/c1-2-13-22-14-11-19(12-15-22)17-5-3-16(4-6-17)18-7-9-20(21)10-8-18/h7-10,16-17,19,22H,2-6,11-15H2,1H3/t16?,17?,19-,22-. The molecular weight excluding hydrogens is 304 g/mol. The first-order valence-corrected chi connectivity index (χ1v) is 12.3. The smallest absolute Gasteiger partial charge is 0.0406 e. The van der Waals surface area contributed by atoms with Crippen molar-refractivity contribution in [3.8, 4) is 0 Å². The Morgan fingerprint density at radius 1 is 0.909 bits per heavy atom. The van der Waals surface area contributed by atoms with E-state index in [1.165, 1.54) is 37.7 Å². The van der Waals surface area contributed by atoms with Crippen molar-refractivity contribution in [2.75, 3.05) is 0 Å². The molecule has 2 aliphatic rings. The second kappa shape index (κ2) is 8.01. The Labute approximate surface area is 143 Å². The van der Waals surface area contributed by atoms with Crippen molar-refractivity contribution in [3.05, 3.63) is 34.9 Å². The van der Waals surface area contributed by atoms with Crippen LogP contribution in [0.2, 0.25) is 23.2 Å². The lowest BCUT2D eigenvalue weighted by atomic mass is 9.72. The minimum Gasteiger partial charge on any atom is -0.0843 e. The topological polar surface area (TPSA) is 0 Å². The Hall–Kier alpha value is -0.273. The second-order valence-corrected chi connectivity index (χ2v) is 11.6. The number of benzene rings is 1. The molecule has 2 fully saturated rings. The molecule has 1 aromatic carbocycles. The van der Waals surface area contributed by atoms with E-state index in [2.05, 4.69) is 31.2 Å². The fourth-order valence-electron chi connectivity index (χ4n) is 5.02. The average molecular weight is 335 g/mol. The summed E-state index contributed by atoms with van der Waals surface area (Å²) in [4.78, 5) is 0. The quantitative estimate of drug-likeness (QED) is 0.540. The van der Waals surface area contributed by atoms with Gasteiger partial charge in [-0.3, -0.25) is 0 Å². The van der Waals surface area contributed by atoms with Gasteiger partial charge in [-0.15, -0.1) is 0 Å². The summed E-state index contributed by atoms with van der Waals surface area (Å²) < 4.78 is 0. The van der Waals surface area contributed by atoms with Gasteiger partial charge in [-0.1, -0.05) is 68.1 Å². The van der Waals surface area contributed by atoms with Crippen LogP contribution in [0.3, 0.4) is 0 Å². The molecule has 1 aliphatic carbocycles. The first-order chi connectivity index (χ1) is 10.8. The third-order valence-electron chi connectivity index (χ3n) is 6.37. The zero-order chi connectivity index (χ0) is 15.4. The van der Waals surface area contributed by atoms with Gasteiger partial charge in [0.2, 0.25) is 0 Å². The first-order valence-electron chi connectivity index (χ1n) is 9.51. The number of hydrogen-bond donors (Lipinski definition) is 0. The van der Waals surface area contributed by atoms with Crippen molar-refractivity contribution in [3.63, 3.8) is 0 Å². The number of rotatable bonds is 4. The highest BCUT2D eigenvalue weighted by molar-refractivity contribution is 6.58. The normalized spacial score (nSPS) is 32.8. The predicted molar refractivity (Wildman–Crippen MR) is 101 cm³/mol. The van der Waals surface area contributed by atoms with E-state index in [9.17, 15) is 0 Å². The zero-order valence-electron chi connectivity index (χ0n) is 14.1. The summed E-state index contributed by atoms with van der Waals surface area (Å²) in [6.45, 7) is 2.37. The fraction of sp³-hybridized carbons (Fsp3) is 0.700. The molecule has 1 heterocycles. The van der Waals surface area contributed by atoms with E-state index < -0.39 is 0 Å². The van der Waals surface area contributed by atoms with Crippen LogP contribution in [-0.2, 0) is 0 Å². The monoisotopic (exact) mass is 334 g/mol. The summed E-state index contributed by atoms with van der Waals surface area (Å²) in [5, 5.41) is 0.866. The summed E-state index contributed by atoms with van der Waals surface area (Å²) in [5.41, 5.74) is 1.52. The Balaban J connectivity index is 1.47. The lowest BCUT2D eigenvalue weighted by Gasteiger charge is -2.37. The van der Waals surface area contributed by atoms with Crippen molar-refractivity contribution in [1.29, 1.82) is 0 Å². The van der Waals surface area contributed by atoms with Crippen molar-refractivity contribution >= 4 is 20.4 Å². The van der Waals surface area contributed by atoms with Gasteiger partial charge in [0.15, 0.2) is 0 Å². The van der Waals surface area contributed by atoms with E-state index in [-0.39, 0.29) is 8.80 Å². The summed E-state index contributed by atoms with van der Waals surface area (Å²) in [7, 11) is -0.298. The molecule has 0 nitrogen and oxygen atoms in total. The minimum atomic E-state index is -0.298. The Morgan fingerprint density at radius 2 is 1.50 bits per heavy atom. The lowest BCUT2D eigenvalue weighted by molar-refractivity contribution is 0.216. The molecule has 22 heavy (non-hydrogen) atoms. The highest BCUT2D eigenvalue weighted by Crippen LogP contribution is 2.43. The Bertz CT molecular complexity index is 439. The van der Waals surface area contributed by atoms with E-state index >= 15 is 0 Å². The van der Waals surface area contributed by atoms with Crippen LogP contribution in [0.5, 0.6) is 0 Å². The van der Waals surface area contributed by atoms with E-state index in [1.807, 2.05) is 0 Å². The van der Waals surface area contributed by atoms with E-state index in [0.717, 1.165) is 22.8 Å². The van der Waals surface area contributed by atoms with Crippen LogP contribution in [0.15, 0.2) is 24.3 Å². The van der Waals surface area contributed by atoms with Crippen molar-refractivity contribution < 1.29 is 0 Å². The fourth-order valence-corrected chi connectivity index (χ4v) is 8.62. The van der Waals surface area contributed by atoms with Crippen molar-refractivity contribution in [2.45, 2.75) is 75.9 Å². The van der Waals surface area contributed by atoms with Crippen LogP contribution in [0.4, 0.5) is 0 Å². The Morgan fingerprint density at radius 3 is 2.09 bits per heavy atom. The lowest BCUT2D eigenvalue weighted by Crippen LogP contribution is -2.28. The van der Waals surface area contributed by atoms with Gasteiger partial charge in [0.05, 0.1) is 0 Å². The van der Waals surface area contributed by atoms with Crippen molar-refractivity contribution in [2.24, 2.45) is 11.8 Å². The van der Waals surface area contributed by atoms with E-state index in [1.54, 1.807) is 31.0 Å². The molecule has 0 atom stereocenters. The van der Waals surface area contributed by atoms with Gasteiger partial charge in [-0.05, 0) is 61.1 Å². The van der Waals surface area contributed by atoms with Gasteiger partial charge < -0.3 is 0 Å². The summed E-state index contributed by atoms with van der Waals surface area (Å²) >= 11 is 6.01. The van der Waals surface area contributed by atoms with Crippen LogP contribution < -0.4 is 0 Å². The maximum atomic E-state index is 6.01. The highest BCUT2D eigenvalue weighted by Gasteiger charge is 2.31. The highest BCUT2D eigenvalue weighted by atomic mass is 35.5. The van der Waals surface area contributed by atoms with Crippen LogP contribution in [-0.4, -0.2) is 8.80 Å². The predicted octanol–water partition coefficient (Wildman–Crippen LogP) is 6.66. The third kappa shape index (κ3) is 4.17. The molecule has 0 amide bonds. The van der Waals surface area contributed by atoms with Gasteiger partial charge in [0.25, 0.3) is 0 Å². The van der Waals surface area contributed by atoms with Gasteiger partial charge in [0.1, 0.15) is 0 Å². The van der Waals surface area contributed by atoms with E-state index in [0.29, 0.717) is 0 Å². The van der Waals surface area contributed by atoms with Gasteiger partial charge in [-0.2, -0.15) is 0 Å². The van der Waals surface area contributed by atoms with E-state index in [4.69, 9.17) is 11.6 Å². The number of hydrogen-bond acceptors (Lipinski definition) is 0. The van der Waals surface area contributed by atoms with Crippen LogP contribution in [0, 0.1) is 11.8 Å². The maximum absolute atomic E-state index is 6.01. The molecule has 0 radical (unpaired) electrons. The molecule has 0 spiro atoms. The van der Waals surface area contributed by atoms with Crippen molar-refractivity contribution in [1.82, 2.24) is 0 Å². The number of halogens is 1. The summed E-state index contributed by atoms with van der Waals surface area (Å²) in [6, 6.07) is 13.5. The summed E-state index contributed by atoms with van der Waals surface area (Å²) in [6.07, 6.45) is 10.3. The van der Waals surface area contributed by atoms with Gasteiger partial charge in [-0.25, -0.2) is 0 Å². The van der Waals surface area contributed by atoms with Gasteiger partial charge >= 0.3 is 0 Å². The SMILES string of the molecule is CCC[Si@H]1CC[C@H](C2CCC(c3ccc(Cl)cc3)CC2)CC1. The molecule has 0 aromatic heterocycles. The molecule has 0 bridgehead atoms. The molecule has 122 valence electrons. The molecule has 0 unspecified atom stereocenters. The summed E-state index contributed by atoms with van der Waals surface area (Å²) in [5.74, 6) is 2.91. The molecule has 1 aromatic rings. The first kappa shape index (κ1) is 16.6. The van der Waals surface area contributed by atoms with Gasteiger partial charge in [0, 0.05) is 13.8 Å². The third-order valence-corrected chi connectivity index (χ3v) is 10.3. The van der Waals surface area contributed by atoms with Crippen LogP contribution in [0.1, 0.15) is 63.4 Å².